The van der Waals surface area contributed by atoms with Crippen molar-refractivity contribution in [2.45, 2.75) is 53.6 Å². The molecule has 0 aliphatic heterocycles. The van der Waals surface area contributed by atoms with Crippen molar-refractivity contribution in [2.75, 3.05) is 0 Å². The Morgan fingerprint density at radius 3 is 1.45 bits per heavy atom. The van der Waals surface area contributed by atoms with Gasteiger partial charge in [0, 0.05) is 0 Å². The van der Waals surface area contributed by atoms with Gasteiger partial charge in [-0.05, 0) is 0 Å². The van der Waals surface area contributed by atoms with Crippen molar-refractivity contribution in [2.24, 2.45) is 11.8 Å². The van der Waals surface area contributed by atoms with Crippen LogP contribution in [0.15, 0.2) is 42.1 Å². The molecule has 0 radical (unpaired) electrons. The first-order valence-corrected chi connectivity index (χ1v) is 20.8. The molecule has 0 unspecified atom stereocenters. The van der Waals surface area contributed by atoms with Gasteiger partial charge in [0.05, 0.1) is 0 Å². The van der Waals surface area contributed by atoms with Crippen LogP contribution in [-0.4, -0.2) is 5.98 Å². The zero-order valence-corrected chi connectivity index (χ0v) is 21.0. The molecule has 0 fully saturated rings. The first-order chi connectivity index (χ1) is 9.43. The molecule has 0 saturated carbocycles. The maximum Gasteiger partial charge on any atom is -1.00 e. The maximum absolute atomic E-state index is 2.62. The minimum Gasteiger partial charge on any atom is -1.00 e. The van der Waals surface area contributed by atoms with Crippen LogP contribution in [0.3, 0.4) is 0 Å². The van der Waals surface area contributed by atoms with Gasteiger partial charge in [0.1, 0.15) is 0 Å². The van der Waals surface area contributed by atoms with Crippen LogP contribution in [0.2, 0.25) is 13.1 Å². The number of allylic oxidation sites excluding steroid dienone is 8. The Bertz CT molecular complexity index is 457. The molecule has 0 nitrogen and oxygen atoms in total. The molecule has 0 aromatic heterocycles. The summed E-state index contributed by atoms with van der Waals surface area (Å²) in [5.74, 6) is 0.899. The van der Waals surface area contributed by atoms with Crippen molar-refractivity contribution in [1.82, 2.24) is 0 Å². The Labute approximate surface area is 158 Å². The van der Waals surface area contributed by atoms with E-state index in [0.29, 0.717) is 11.8 Å². The Morgan fingerprint density at radius 1 is 0.818 bits per heavy atom. The molecule has 0 bridgehead atoms. The van der Waals surface area contributed by atoms with Crippen molar-refractivity contribution in [1.29, 1.82) is 0 Å². The van der Waals surface area contributed by atoms with Gasteiger partial charge in [0.25, 0.3) is 0 Å². The van der Waals surface area contributed by atoms with E-state index in [1.54, 1.807) is 11.1 Å². The standard InChI is InChI=1S/2C8H11.C2H7Si.2ClH.Hf/c2*1-7(2)8-5-3-4-6-8;1-3-2;;;/h2*3,5,7H,4H2,1-2H3;3H,1-2H3;2*1H;/q;;;;;+2/p-2. The minimum atomic E-state index is -1.74. The summed E-state index contributed by atoms with van der Waals surface area (Å²) in [6.45, 7) is 14.7. The van der Waals surface area contributed by atoms with E-state index in [1.165, 1.54) is 12.8 Å². The summed E-state index contributed by atoms with van der Waals surface area (Å²) in [5.41, 5.74) is 3.44. The quantitative estimate of drug-likeness (QED) is 0.421. The van der Waals surface area contributed by atoms with Crippen LogP contribution in [0.4, 0.5) is 0 Å². The fourth-order valence-corrected chi connectivity index (χ4v) is 33.3. The zero-order valence-electron chi connectivity index (χ0n) is 14.7. The first-order valence-electron chi connectivity index (χ1n) is 8.10. The van der Waals surface area contributed by atoms with E-state index in [-0.39, 0.29) is 24.8 Å². The minimum absolute atomic E-state index is 0. The molecule has 0 spiro atoms. The molecule has 2 rings (SSSR count). The number of rotatable bonds is 5. The molecule has 0 aromatic rings. The van der Waals surface area contributed by atoms with Crippen LogP contribution in [0.25, 0.3) is 0 Å². The van der Waals surface area contributed by atoms with Gasteiger partial charge in [-0.25, -0.2) is 0 Å². The molecule has 0 aromatic carbocycles. The SMILES string of the molecule is CC(C)C1=[C]([Hf+2]([C]2=C(C(C)C)C=CC2)[SiH](C)C)CC=C1.[Cl-].[Cl-]. The van der Waals surface area contributed by atoms with E-state index in [2.05, 4.69) is 65.1 Å². The molecule has 4 heteroatoms. The van der Waals surface area contributed by atoms with Gasteiger partial charge in [-0.2, -0.15) is 0 Å². The third-order valence-corrected chi connectivity index (χ3v) is 31.9. The average molecular weight is 523 g/mol. The number of hydrogen-bond donors (Lipinski definition) is 0. The second kappa shape index (κ2) is 9.81. The van der Waals surface area contributed by atoms with E-state index in [4.69, 9.17) is 0 Å². The van der Waals surface area contributed by atoms with Gasteiger partial charge in [0.2, 0.25) is 0 Å². The maximum atomic E-state index is 2.62. The second-order valence-electron chi connectivity index (χ2n) is 6.96. The summed E-state index contributed by atoms with van der Waals surface area (Å²) in [7, 11) is 0. The average Bonchev–Trinajstić information content (AvgIpc) is 2.97. The van der Waals surface area contributed by atoms with E-state index in [0.717, 1.165) is 0 Å². The van der Waals surface area contributed by atoms with E-state index in [9.17, 15) is 0 Å². The predicted octanol–water partition coefficient (Wildman–Crippen LogP) is -0.664. The monoisotopic (exact) mass is 523 g/mol. The van der Waals surface area contributed by atoms with Gasteiger partial charge >= 0.3 is 134 Å². The van der Waals surface area contributed by atoms with E-state index >= 15 is 0 Å². The number of halogens is 2. The third kappa shape index (κ3) is 4.81. The summed E-state index contributed by atoms with van der Waals surface area (Å²) >= 11 is -1.74. The third-order valence-electron chi connectivity index (χ3n) is 4.41. The van der Waals surface area contributed by atoms with Crippen molar-refractivity contribution >= 4 is 5.98 Å². The summed E-state index contributed by atoms with van der Waals surface area (Å²) in [6, 6.07) is 0. The summed E-state index contributed by atoms with van der Waals surface area (Å²) in [6.07, 6.45) is 12.3. The molecule has 0 saturated heterocycles. The van der Waals surface area contributed by atoms with Crippen molar-refractivity contribution in [3.8, 4) is 0 Å². The Balaban J connectivity index is 0.00000220. The molecule has 2 aliphatic carbocycles. The molecule has 0 heterocycles. The van der Waals surface area contributed by atoms with Crippen LogP contribution < -0.4 is 24.8 Å². The molecule has 22 heavy (non-hydrogen) atoms. The molecular formula is C18H29Cl2HfSi. The van der Waals surface area contributed by atoms with Gasteiger partial charge in [-0.1, -0.05) is 0 Å². The molecule has 0 amide bonds. The molecule has 123 valence electrons. The van der Waals surface area contributed by atoms with Crippen LogP contribution in [0.5, 0.6) is 0 Å². The zero-order chi connectivity index (χ0) is 14.9. The molecular weight excluding hydrogens is 494 g/mol. The van der Waals surface area contributed by atoms with Gasteiger partial charge < -0.3 is 24.8 Å². The fraction of sp³-hybridized carbons (Fsp3) is 0.556. The second-order valence-corrected chi connectivity index (χ2v) is 33.7. The van der Waals surface area contributed by atoms with Gasteiger partial charge in [0.15, 0.2) is 0 Å². The molecule has 2 aliphatic rings. The van der Waals surface area contributed by atoms with Crippen molar-refractivity contribution in [3.05, 3.63) is 42.1 Å². The summed E-state index contributed by atoms with van der Waals surface area (Å²) in [4.78, 5) is 0. The predicted molar refractivity (Wildman–Crippen MR) is 90.1 cm³/mol. The Hall–Kier alpha value is 0.627. The largest absolute Gasteiger partial charge is 1.00 e. The fourth-order valence-electron chi connectivity index (χ4n) is 3.54. The van der Waals surface area contributed by atoms with Gasteiger partial charge in [-0.15, -0.1) is 0 Å². The van der Waals surface area contributed by atoms with Crippen LogP contribution in [0.1, 0.15) is 40.5 Å². The molecule has 0 atom stereocenters. The topological polar surface area (TPSA) is 0 Å². The number of hydrogen-bond acceptors (Lipinski definition) is 0. The normalized spacial score (nSPS) is 17.0. The summed E-state index contributed by atoms with van der Waals surface area (Å²) in [5, 5.41) is 0. The molecule has 0 N–H and O–H groups in total. The Kier molecular flexibility index (Phi) is 10.1. The smallest absolute Gasteiger partial charge is 1.00 e. The van der Waals surface area contributed by atoms with Crippen LogP contribution in [0, 0.1) is 11.8 Å². The van der Waals surface area contributed by atoms with Crippen molar-refractivity contribution in [3.63, 3.8) is 0 Å². The van der Waals surface area contributed by atoms with Crippen LogP contribution >= 0.6 is 0 Å². The first kappa shape index (κ1) is 22.6. The van der Waals surface area contributed by atoms with Gasteiger partial charge in [-0.3, -0.25) is 0 Å². The Morgan fingerprint density at radius 2 is 1.18 bits per heavy atom. The summed E-state index contributed by atoms with van der Waals surface area (Å²) < 4.78 is 3.92. The van der Waals surface area contributed by atoms with Crippen molar-refractivity contribution < 1.29 is 45.4 Å². The van der Waals surface area contributed by atoms with E-state index in [1.807, 2.05) is 6.66 Å². The van der Waals surface area contributed by atoms with E-state index < -0.39 is 26.6 Å². The van der Waals surface area contributed by atoms with Crippen LogP contribution in [-0.2, 0) is 20.6 Å².